The minimum absolute atomic E-state index is 0.0154. The molecule has 1 aliphatic heterocycles. The molecule has 0 aliphatic carbocycles. The predicted octanol–water partition coefficient (Wildman–Crippen LogP) is 2.67. The van der Waals surface area contributed by atoms with Crippen LogP contribution in [0.4, 0.5) is 10.5 Å². The number of aliphatic hydroxyl groups is 1. The number of non-ortho nitro benzene ring substituents is 1. The summed E-state index contributed by atoms with van der Waals surface area (Å²) in [6, 6.07) is 5.63. The third-order valence-corrected chi connectivity index (χ3v) is 4.19. The van der Waals surface area contributed by atoms with Gasteiger partial charge in [-0.15, -0.1) is 0 Å². The van der Waals surface area contributed by atoms with Crippen molar-refractivity contribution in [3.8, 4) is 0 Å². The molecule has 0 radical (unpaired) electrons. The average molecular weight is 364 g/mol. The first-order chi connectivity index (χ1) is 12.1. The van der Waals surface area contributed by atoms with Gasteiger partial charge in [0, 0.05) is 30.7 Å². The van der Waals surface area contributed by atoms with Crippen LogP contribution in [0.3, 0.4) is 0 Å². The standard InChI is InChI=1S/C18H24N2O6/c1-18(2,3)26-17(23)19-15(11-13(8-9-21)16(19)22)10-12-4-6-14(7-5-12)20(24)25/h4-7,13,15,21H,8-11H2,1-3H3. The lowest BCUT2D eigenvalue weighted by atomic mass is 9.97. The van der Waals surface area contributed by atoms with Crippen molar-refractivity contribution in [2.75, 3.05) is 6.61 Å². The lowest BCUT2D eigenvalue weighted by Gasteiger charge is -2.27. The van der Waals surface area contributed by atoms with E-state index < -0.39 is 28.6 Å². The Labute approximate surface area is 151 Å². The van der Waals surface area contributed by atoms with Crippen molar-refractivity contribution in [1.29, 1.82) is 0 Å². The summed E-state index contributed by atoms with van der Waals surface area (Å²) in [6.45, 7) is 5.04. The number of carbonyl (C=O) groups is 2. The zero-order chi connectivity index (χ0) is 19.5. The van der Waals surface area contributed by atoms with E-state index in [1.807, 2.05) is 0 Å². The molecule has 2 atom stereocenters. The number of carbonyl (C=O) groups excluding carboxylic acids is 2. The predicted molar refractivity (Wildman–Crippen MR) is 93.5 cm³/mol. The number of benzene rings is 1. The molecule has 26 heavy (non-hydrogen) atoms. The van der Waals surface area contributed by atoms with Crippen molar-refractivity contribution in [3.05, 3.63) is 39.9 Å². The molecule has 1 aromatic rings. The van der Waals surface area contributed by atoms with E-state index in [1.54, 1.807) is 32.9 Å². The number of imide groups is 1. The van der Waals surface area contributed by atoms with Gasteiger partial charge in [0.05, 0.1) is 4.92 Å². The van der Waals surface area contributed by atoms with Gasteiger partial charge in [-0.05, 0) is 45.6 Å². The van der Waals surface area contributed by atoms with Gasteiger partial charge in [-0.2, -0.15) is 0 Å². The van der Waals surface area contributed by atoms with Crippen LogP contribution in [-0.4, -0.2) is 45.2 Å². The molecule has 1 fully saturated rings. The van der Waals surface area contributed by atoms with Crippen LogP contribution in [0.15, 0.2) is 24.3 Å². The minimum atomic E-state index is -0.732. The third kappa shape index (κ3) is 4.78. The van der Waals surface area contributed by atoms with Gasteiger partial charge in [0.1, 0.15) is 5.60 Å². The molecular weight excluding hydrogens is 340 g/mol. The molecule has 2 rings (SSSR count). The van der Waals surface area contributed by atoms with Crippen LogP contribution in [0.2, 0.25) is 0 Å². The van der Waals surface area contributed by atoms with Crippen LogP contribution >= 0.6 is 0 Å². The number of nitrogens with zero attached hydrogens (tertiary/aromatic N) is 2. The van der Waals surface area contributed by atoms with E-state index in [2.05, 4.69) is 0 Å². The van der Waals surface area contributed by atoms with E-state index in [9.17, 15) is 19.7 Å². The van der Waals surface area contributed by atoms with Gasteiger partial charge in [-0.3, -0.25) is 14.9 Å². The van der Waals surface area contributed by atoms with E-state index in [0.717, 1.165) is 10.5 Å². The zero-order valence-corrected chi connectivity index (χ0v) is 15.2. The first-order valence-corrected chi connectivity index (χ1v) is 8.52. The Morgan fingerprint density at radius 1 is 1.35 bits per heavy atom. The summed E-state index contributed by atoms with van der Waals surface area (Å²) in [5, 5.41) is 19.9. The number of nitro groups is 1. The van der Waals surface area contributed by atoms with Gasteiger partial charge in [0.2, 0.25) is 5.91 Å². The fraction of sp³-hybridized carbons (Fsp3) is 0.556. The molecular formula is C18H24N2O6. The van der Waals surface area contributed by atoms with Gasteiger partial charge in [0.25, 0.3) is 5.69 Å². The summed E-state index contributed by atoms with van der Waals surface area (Å²) >= 11 is 0. The number of rotatable bonds is 5. The van der Waals surface area contributed by atoms with Crippen LogP contribution in [0.1, 0.15) is 39.2 Å². The zero-order valence-electron chi connectivity index (χ0n) is 15.2. The normalized spacial score (nSPS) is 20.3. The Hall–Kier alpha value is -2.48. The highest BCUT2D eigenvalue weighted by Crippen LogP contribution is 2.31. The quantitative estimate of drug-likeness (QED) is 0.635. The number of ether oxygens (including phenoxy) is 1. The smallest absolute Gasteiger partial charge is 0.417 e. The fourth-order valence-corrected chi connectivity index (χ4v) is 3.06. The molecule has 0 aromatic heterocycles. The topological polar surface area (TPSA) is 110 Å². The summed E-state index contributed by atoms with van der Waals surface area (Å²) in [7, 11) is 0. The number of nitro benzene ring substituents is 1. The molecule has 1 aliphatic rings. The molecule has 142 valence electrons. The van der Waals surface area contributed by atoms with Gasteiger partial charge in [0.15, 0.2) is 0 Å². The second-order valence-electron chi connectivity index (χ2n) is 7.41. The summed E-state index contributed by atoms with van der Waals surface area (Å²) in [5.74, 6) is -0.782. The van der Waals surface area contributed by atoms with Gasteiger partial charge in [-0.25, -0.2) is 9.69 Å². The van der Waals surface area contributed by atoms with Crippen molar-refractivity contribution in [2.45, 2.75) is 51.7 Å². The second-order valence-corrected chi connectivity index (χ2v) is 7.41. The Morgan fingerprint density at radius 3 is 2.46 bits per heavy atom. The number of hydrogen-bond acceptors (Lipinski definition) is 6. The number of hydrogen-bond donors (Lipinski definition) is 1. The Morgan fingerprint density at radius 2 is 1.96 bits per heavy atom. The van der Waals surface area contributed by atoms with Gasteiger partial charge in [-0.1, -0.05) is 12.1 Å². The van der Waals surface area contributed by atoms with Crippen LogP contribution < -0.4 is 0 Å². The van der Waals surface area contributed by atoms with E-state index in [1.165, 1.54) is 12.1 Å². The SMILES string of the molecule is CC(C)(C)OC(=O)N1C(=O)C(CCO)CC1Cc1ccc([N+](=O)[O-])cc1. The minimum Gasteiger partial charge on any atom is -0.443 e. The lowest BCUT2D eigenvalue weighted by Crippen LogP contribution is -2.43. The molecule has 2 unspecified atom stereocenters. The van der Waals surface area contributed by atoms with Crippen molar-refractivity contribution >= 4 is 17.7 Å². The Kier molecular flexibility index (Phi) is 5.97. The maximum absolute atomic E-state index is 12.6. The monoisotopic (exact) mass is 364 g/mol. The molecule has 8 nitrogen and oxygen atoms in total. The molecule has 0 bridgehead atoms. The second kappa shape index (κ2) is 7.82. The molecule has 2 amide bonds. The highest BCUT2D eigenvalue weighted by molar-refractivity contribution is 5.95. The summed E-state index contributed by atoms with van der Waals surface area (Å²) in [5.41, 5.74) is 0.0367. The van der Waals surface area contributed by atoms with Crippen LogP contribution in [0.25, 0.3) is 0 Å². The van der Waals surface area contributed by atoms with Crippen molar-refractivity contribution in [2.24, 2.45) is 5.92 Å². The molecule has 1 N–H and O–H groups in total. The molecule has 0 saturated carbocycles. The van der Waals surface area contributed by atoms with Gasteiger partial charge >= 0.3 is 6.09 Å². The number of aliphatic hydroxyl groups excluding tert-OH is 1. The van der Waals surface area contributed by atoms with Crippen LogP contribution in [0.5, 0.6) is 0 Å². The van der Waals surface area contributed by atoms with Crippen molar-refractivity contribution in [3.63, 3.8) is 0 Å². The largest absolute Gasteiger partial charge is 0.443 e. The molecule has 8 heteroatoms. The van der Waals surface area contributed by atoms with E-state index in [0.29, 0.717) is 12.8 Å². The Bertz CT molecular complexity index is 680. The first kappa shape index (κ1) is 19.8. The van der Waals surface area contributed by atoms with Crippen molar-refractivity contribution in [1.82, 2.24) is 4.90 Å². The first-order valence-electron chi connectivity index (χ1n) is 8.52. The maximum Gasteiger partial charge on any atom is 0.417 e. The Balaban J connectivity index is 2.20. The maximum atomic E-state index is 12.6. The van der Waals surface area contributed by atoms with E-state index in [4.69, 9.17) is 9.84 Å². The number of amides is 2. The van der Waals surface area contributed by atoms with E-state index >= 15 is 0 Å². The molecule has 0 spiro atoms. The fourth-order valence-electron chi connectivity index (χ4n) is 3.06. The molecule has 1 heterocycles. The van der Waals surface area contributed by atoms with Crippen LogP contribution in [-0.2, 0) is 16.0 Å². The third-order valence-electron chi connectivity index (χ3n) is 4.19. The summed E-state index contributed by atoms with van der Waals surface area (Å²) < 4.78 is 5.35. The van der Waals surface area contributed by atoms with Crippen LogP contribution in [0, 0.1) is 16.0 Å². The van der Waals surface area contributed by atoms with E-state index in [-0.39, 0.29) is 24.6 Å². The summed E-state index contributed by atoms with van der Waals surface area (Å²) in [4.78, 5) is 36.5. The lowest BCUT2D eigenvalue weighted by molar-refractivity contribution is -0.384. The average Bonchev–Trinajstić information content (AvgIpc) is 2.82. The molecule has 1 aromatic carbocycles. The summed E-state index contributed by atoms with van der Waals surface area (Å²) in [6.07, 6.45) is 0.393. The van der Waals surface area contributed by atoms with Crippen molar-refractivity contribution < 1.29 is 24.4 Å². The highest BCUT2D eigenvalue weighted by atomic mass is 16.6. The highest BCUT2D eigenvalue weighted by Gasteiger charge is 2.44. The number of likely N-dealkylation sites (tertiary alicyclic amines) is 1. The van der Waals surface area contributed by atoms with Gasteiger partial charge < -0.3 is 9.84 Å². The molecule has 1 saturated heterocycles.